The molecule has 0 N–H and O–H groups in total. The number of halogens is 4. The lowest BCUT2D eigenvalue weighted by atomic mass is 9.86. The number of Topliss-reactive ketones (excluding diaryl/α,β-unsaturated/α-hetero) is 1. The number of hydrogen-bond donors (Lipinski definition) is 0. The van der Waals surface area contributed by atoms with E-state index in [0.29, 0.717) is 21.7 Å². The minimum Gasteiger partial charge on any atom is -0.294 e. The first-order valence-corrected chi connectivity index (χ1v) is 9.86. The Morgan fingerprint density at radius 3 is 2.39 bits per heavy atom. The molecular weight excluding hydrogens is 425 g/mol. The largest absolute Gasteiger partial charge is 0.418 e. The molecule has 2 heterocycles. The highest BCUT2D eigenvalue weighted by atomic mass is 35.5. The van der Waals surface area contributed by atoms with Gasteiger partial charge in [-0.05, 0) is 42.0 Å². The molecule has 4 aromatic rings. The number of benzene rings is 2. The molecule has 0 bridgehead atoms. The van der Waals surface area contributed by atoms with Gasteiger partial charge >= 0.3 is 6.18 Å². The van der Waals surface area contributed by atoms with E-state index in [2.05, 4.69) is 9.97 Å². The molecule has 0 radical (unpaired) electrons. The van der Waals surface area contributed by atoms with E-state index in [1.807, 2.05) is 6.07 Å². The first-order chi connectivity index (χ1) is 14.8. The summed E-state index contributed by atoms with van der Waals surface area (Å²) in [6.45, 7) is 0. The molecule has 2 aromatic heterocycles. The quantitative estimate of drug-likeness (QED) is 0.324. The Kier molecular flexibility index (Phi) is 5.74. The highest BCUT2D eigenvalue weighted by molar-refractivity contribution is 6.30. The van der Waals surface area contributed by atoms with Crippen molar-refractivity contribution in [3.8, 4) is 0 Å². The van der Waals surface area contributed by atoms with Gasteiger partial charge in [-0.1, -0.05) is 41.9 Å². The molecule has 156 valence electrons. The summed E-state index contributed by atoms with van der Waals surface area (Å²) in [6.07, 6.45) is -1.85. The van der Waals surface area contributed by atoms with E-state index < -0.39 is 17.7 Å². The maximum Gasteiger partial charge on any atom is 0.418 e. The summed E-state index contributed by atoms with van der Waals surface area (Å²) in [5, 5.41) is 1.32. The zero-order chi connectivity index (χ0) is 22.0. The SMILES string of the molecule is O=C(C[C@@H](c1ccc(Cl)cc1)c1ncccc1C(F)(F)F)c1ccc2cccnc2c1. The molecule has 7 heteroatoms. The zero-order valence-electron chi connectivity index (χ0n) is 16.1. The second-order valence-corrected chi connectivity index (χ2v) is 7.51. The molecule has 31 heavy (non-hydrogen) atoms. The summed E-state index contributed by atoms with van der Waals surface area (Å²) < 4.78 is 41.0. The summed E-state index contributed by atoms with van der Waals surface area (Å²) in [7, 11) is 0. The van der Waals surface area contributed by atoms with E-state index in [4.69, 9.17) is 11.6 Å². The van der Waals surface area contributed by atoms with Gasteiger partial charge in [0.2, 0.25) is 0 Å². The Hall–Kier alpha value is -3.25. The molecule has 0 aliphatic carbocycles. The van der Waals surface area contributed by atoms with Crippen LogP contribution in [0.5, 0.6) is 0 Å². The van der Waals surface area contributed by atoms with E-state index in [1.54, 1.807) is 54.7 Å². The Labute approximate surface area is 181 Å². The molecule has 4 rings (SSSR count). The van der Waals surface area contributed by atoms with Crippen LogP contribution >= 0.6 is 11.6 Å². The van der Waals surface area contributed by atoms with Crippen LogP contribution in [-0.4, -0.2) is 15.8 Å². The lowest BCUT2D eigenvalue weighted by Crippen LogP contribution is -2.17. The molecule has 0 unspecified atom stereocenters. The first-order valence-electron chi connectivity index (χ1n) is 9.48. The van der Waals surface area contributed by atoms with Crippen LogP contribution in [0.25, 0.3) is 10.9 Å². The first kappa shape index (κ1) is 21.0. The van der Waals surface area contributed by atoms with E-state index >= 15 is 0 Å². The Morgan fingerprint density at radius 1 is 0.935 bits per heavy atom. The standard InChI is InChI=1S/C24H16ClF3N2O/c25-18-9-7-15(8-10-18)19(23-20(24(26,27)28)4-2-12-30-23)14-22(31)17-6-5-16-3-1-11-29-21(16)13-17/h1-13,19H,14H2/t19-/m0/s1. The van der Waals surface area contributed by atoms with Gasteiger partial charge in [0.05, 0.1) is 16.8 Å². The third-order valence-electron chi connectivity index (χ3n) is 5.06. The summed E-state index contributed by atoms with van der Waals surface area (Å²) in [5.74, 6) is -1.19. The summed E-state index contributed by atoms with van der Waals surface area (Å²) in [5.41, 5.74) is 0.508. The van der Waals surface area contributed by atoms with Gasteiger partial charge in [0.15, 0.2) is 5.78 Å². The number of nitrogens with zero attached hydrogens (tertiary/aromatic N) is 2. The maximum atomic E-state index is 13.7. The molecule has 0 saturated heterocycles. The van der Waals surface area contributed by atoms with Crippen molar-refractivity contribution in [2.24, 2.45) is 0 Å². The molecule has 0 aliphatic rings. The van der Waals surface area contributed by atoms with Gasteiger partial charge < -0.3 is 0 Å². The molecule has 0 saturated carbocycles. The predicted molar refractivity (Wildman–Crippen MR) is 113 cm³/mol. The number of fused-ring (bicyclic) bond motifs is 1. The number of carbonyl (C=O) groups is 1. The van der Waals surface area contributed by atoms with Crippen molar-refractivity contribution in [1.82, 2.24) is 9.97 Å². The summed E-state index contributed by atoms with van der Waals surface area (Å²) >= 11 is 5.95. The van der Waals surface area contributed by atoms with Crippen LogP contribution in [0.3, 0.4) is 0 Å². The number of pyridine rings is 2. The van der Waals surface area contributed by atoms with Crippen LogP contribution in [0.2, 0.25) is 5.02 Å². The van der Waals surface area contributed by atoms with Gasteiger partial charge in [-0.2, -0.15) is 13.2 Å². The lowest BCUT2D eigenvalue weighted by molar-refractivity contribution is -0.138. The number of carbonyl (C=O) groups excluding carboxylic acids is 1. The monoisotopic (exact) mass is 440 g/mol. The van der Waals surface area contributed by atoms with Crippen LogP contribution in [0.1, 0.15) is 39.5 Å². The van der Waals surface area contributed by atoms with Crippen molar-refractivity contribution in [3.05, 3.63) is 107 Å². The lowest BCUT2D eigenvalue weighted by Gasteiger charge is -2.21. The number of hydrogen-bond acceptors (Lipinski definition) is 3. The van der Waals surface area contributed by atoms with Crippen molar-refractivity contribution in [2.45, 2.75) is 18.5 Å². The third kappa shape index (κ3) is 4.59. The fourth-order valence-corrected chi connectivity index (χ4v) is 3.67. The Morgan fingerprint density at radius 2 is 1.65 bits per heavy atom. The molecule has 0 spiro atoms. The second kappa shape index (κ2) is 8.47. The van der Waals surface area contributed by atoms with Gasteiger partial charge in [0.25, 0.3) is 0 Å². The van der Waals surface area contributed by atoms with E-state index in [-0.39, 0.29) is 17.9 Å². The Balaban J connectivity index is 1.76. The molecular formula is C24H16ClF3N2O. The van der Waals surface area contributed by atoms with Gasteiger partial charge in [0, 0.05) is 40.7 Å². The molecule has 2 aromatic carbocycles. The van der Waals surface area contributed by atoms with E-state index in [1.165, 1.54) is 12.3 Å². The molecule has 0 aliphatic heterocycles. The fourth-order valence-electron chi connectivity index (χ4n) is 3.55. The van der Waals surface area contributed by atoms with Gasteiger partial charge in [-0.3, -0.25) is 14.8 Å². The third-order valence-corrected chi connectivity index (χ3v) is 5.32. The number of rotatable bonds is 5. The van der Waals surface area contributed by atoms with Crippen molar-refractivity contribution >= 4 is 28.3 Å². The van der Waals surface area contributed by atoms with Crippen LogP contribution in [0.15, 0.2) is 79.1 Å². The minimum absolute atomic E-state index is 0.180. The summed E-state index contributed by atoms with van der Waals surface area (Å²) in [4.78, 5) is 21.4. The number of alkyl halides is 3. The van der Waals surface area contributed by atoms with Crippen molar-refractivity contribution in [1.29, 1.82) is 0 Å². The van der Waals surface area contributed by atoms with Crippen molar-refractivity contribution in [2.75, 3.05) is 0 Å². The van der Waals surface area contributed by atoms with E-state index in [0.717, 1.165) is 11.5 Å². The molecule has 0 amide bonds. The topological polar surface area (TPSA) is 42.9 Å². The summed E-state index contributed by atoms with van der Waals surface area (Å²) in [6, 6.07) is 17.4. The highest BCUT2D eigenvalue weighted by Gasteiger charge is 2.37. The van der Waals surface area contributed by atoms with Crippen LogP contribution in [-0.2, 0) is 6.18 Å². The molecule has 0 fully saturated rings. The van der Waals surface area contributed by atoms with Gasteiger partial charge in [-0.15, -0.1) is 0 Å². The Bertz CT molecular complexity index is 1240. The number of ketones is 1. The van der Waals surface area contributed by atoms with Crippen molar-refractivity contribution < 1.29 is 18.0 Å². The van der Waals surface area contributed by atoms with Gasteiger partial charge in [0.1, 0.15) is 0 Å². The maximum absolute atomic E-state index is 13.7. The zero-order valence-corrected chi connectivity index (χ0v) is 16.9. The van der Waals surface area contributed by atoms with Crippen molar-refractivity contribution in [3.63, 3.8) is 0 Å². The number of aromatic nitrogens is 2. The molecule has 3 nitrogen and oxygen atoms in total. The van der Waals surface area contributed by atoms with E-state index in [9.17, 15) is 18.0 Å². The highest BCUT2D eigenvalue weighted by Crippen LogP contribution is 2.38. The van der Waals surface area contributed by atoms with Gasteiger partial charge in [-0.25, -0.2) is 0 Å². The fraction of sp³-hybridized carbons (Fsp3) is 0.125. The minimum atomic E-state index is -4.59. The second-order valence-electron chi connectivity index (χ2n) is 7.08. The van der Waals surface area contributed by atoms with Crippen LogP contribution in [0, 0.1) is 0 Å². The average Bonchev–Trinajstić information content (AvgIpc) is 2.77. The molecule has 1 atom stereocenters. The smallest absolute Gasteiger partial charge is 0.294 e. The van der Waals surface area contributed by atoms with Crippen LogP contribution in [0.4, 0.5) is 13.2 Å². The van der Waals surface area contributed by atoms with Crippen LogP contribution < -0.4 is 0 Å². The predicted octanol–water partition coefficient (Wildman–Crippen LogP) is 6.71. The average molecular weight is 441 g/mol. The normalized spacial score (nSPS) is 12.6.